The van der Waals surface area contributed by atoms with Gasteiger partial charge in [0.25, 0.3) is 0 Å². The summed E-state index contributed by atoms with van der Waals surface area (Å²) in [6, 6.07) is 6.86. The number of nitrogens with one attached hydrogen (secondary N) is 1. The van der Waals surface area contributed by atoms with Gasteiger partial charge < -0.3 is 4.74 Å². The molecule has 0 radical (unpaired) electrons. The molecule has 90 valence electrons. The molecule has 0 bridgehead atoms. The Bertz CT molecular complexity index is 423. The molecule has 4 nitrogen and oxygen atoms in total. The minimum atomic E-state index is -3.20. The molecule has 0 aliphatic heterocycles. The van der Waals surface area contributed by atoms with Gasteiger partial charge in [-0.2, -0.15) is 0 Å². The van der Waals surface area contributed by atoms with Crippen LogP contribution in [0.15, 0.2) is 24.3 Å². The second kappa shape index (κ2) is 5.21. The number of hydrogen-bond donors (Lipinski definition) is 1. The summed E-state index contributed by atoms with van der Waals surface area (Å²) in [5.41, 5.74) is 0.554. The molecule has 1 aromatic carbocycles. The molecule has 5 heteroatoms. The quantitative estimate of drug-likeness (QED) is 0.862. The Hall–Kier alpha value is -1.23. The van der Waals surface area contributed by atoms with Gasteiger partial charge in [-0.25, -0.2) is 8.42 Å². The van der Waals surface area contributed by atoms with Crippen LogP contribution in [0, 0.1) is 0 Å². The van der Waals surface area contributed by atoms with Gasteiger partial charge in [-0.05, 0) is 45.0 Å². The van der Waals surface area contributed by atoms with Gasteiger partial charge >= 0.3 is 0 Å². The fourth-order valence-electron chi connectivity index (χ4n) is 1.13. The van der Waals surface area contributed by atoms with Crippen LogP contribution in [0.1, 0.15) is 20.8 Å². The third-order valence-corrected chi connectivity index (χ3v) is 3.19. The van der Waals surface area contributed by atoms with Gasteiger partial charge in [0.15, 0.2) is 0 Å². The van der Waals surface area contributed by atoms with Crippen molar-refractivity contribution >= 4 is 15.7 Å². The predicted molar refractivity (Wildman–Crippen MR) is 65.3 cm³/mol. The van der Waals surface area contributed by atoms with E-state index in [2.05, 4.69) is 4.72 Å². The average molecular weight is 243 g/mol. The molecule has 0 aliphatic rings. The van der Waals surface area contributed by atoms with Crippen LogP contribution >= 0.6 is 0 Å². The SMILES string of the molecule is CCS(=O)(=O)Nc1ccc(OC(C)C)cc1. The molecule has 1 aromatic rings. The maximum Gasteiger partial charge on any atom is 0.232 e. The van der Waals surface area contributed by atoms with Crippen molar-refractivity contribution < 1.29 is 13.2 Å². The van der Waals surface area contributed by atoms with Crippen LogP contribution < -0.4 is 9.46 Å². The molecule has 0 saturated carbocycles. The first-order valence-corrected chi connectivity index (χ1v) is 6.85. The molecule has 0 fully saturated rings. The monoisotopic (exact) mass is 243 g/mol. The van der Waals surface area contributed by atoms with Crippen molar-refractivity contribution in [3.63, 3.8) is 0 Å². The topological polar surface area (TPSA) is 55.4 Å². The van der Waals surface area contributed by atoms with Crippen molar-refractivity contribution in [1.82, 2.24) is 0 Å². The van der Waals surface area contributed by atoms with Crippen LogP contribution in [-0.2, 0) is 10.0 Å². The molecule has 16 heavy (non-hydrogen) atoms. The molecule has 1 N–H and O–H groups in total. The number of ether oxygens (including phenoxy) is 1. The van der Waals surface area contributed by atoms with Crippen molar-refractivity contribution in [3.05, 3.63) is 24.3 Å². The van der Waals surface area contributed by atoms with E-state index in [-0.39, 0.29) is 11.9 Å². The number of sulfonamides is 1. The van der Waals surface area contributed by atoms with Crippen LogP contribution in [0.25, 0.3) is 0 Å². The van der Waals surface area contributed by atoms with E-state index < -0.39 is 10.0 Å². The molecule has 0 amide bonds. The number of benzene rings is 1. The highest BCUT2D eigenvalue weighted by molar-refractivity contribution is 7.92. The Morgan fingerprint density at radius 2 is 1.81 bits per heavy atom. The lowest BCUT2D eigenvalue weighted by molar-refractivity contribution is 0.242. The van der Waals surface area contributed by atoms with Gasteiger partial charge in [0.2, 0.25) is 10.0 Å². The summed E-state index contributed by atoms with van der Waals surface area (Å²) < 4.78 is 30.5. The summed E-state index contributed by atoms with van der Waals surface area (Å²) in [6.07, 6.45) is 0.109. The van der Waals surface area contributed by atoms with Crippen LogP contribution in [0.3, 0.4) is 0 Å². The Kier molecular flexibility index (Phi) is 4.18. The zero-order valence-corrected chi connectivity index (χ0v) is 10.5. The number of anilines is 1. The van der Waals surface area contributed by atoms with Crippen LogP contribution in [0.5, 0.6) is 5.75 Å². The minimum Gasteiger partial charge on any atom is -0.491 e. The third kappa shape index (κ3) is 4.10. The minimum absolute atomic E-state index is 0.0667. The molecule has 0 aromatic heterocycles. The average Bonchev–Trinajstić information content (AvgIpc) is 2.20. The third-order valence-electron chi connectivity index (χ3n) is 1.88. The van der Waals surface area contributed by atoms with Gasteiger partial charge in [0.05, 0.1) is 11.9 Å². The highest BCUT2D eigenvalue weighted by Crippen LogP contribution is 2.17. The fourth-order valence-corrected chi connectivity index (χ4v) is 1.76. The van der Waals surface area contributed by atoms with Crippen molar-refractivity contribution in [2.24, 2.45) is 0 Å². The fraction of sp³-hybridized carbons (Fsp3) is 0.455. The largest absolute Gasteiger partial charge is 0.491 e. The Morgan fingerprint density at radius 3 is 2.25 bits per heavy atom. The lowest BCUT2D eigenvalue weighted by Crippen LogP contribution is -2.14. The van der Waals surface area contributed by atoms with E-state index in [1.807, 2.05) is 13.8 Å². The van der Waals surface area contributed by atoms with Crippen LogP contribution in [0.2, 0.25) is 0 Å². The zero-order valence-electron chi connectivity index (χ0n) is 9.73. The lowest BCUT2D eigenvalue weighted by Gasteiger charge is -2.10. The highest BCUT2D eigenvalue weighted by Gasteiger charge is 2.06. The molecule has 0 spiro atoms. The van der Waals surface area contributed by atoms with Crippen LogP contribution in [-0.4, -0.2) is 20.3 Å². The summed E-state index contributed by atoms with van der Waals surface area (Å²) in [4.78, 5) is 0. The molecular formula is C11H17NO3S. The summed E-state index contributed by atoms with van der Waals surface area (Å²) in [6.45, 7) is 5.47. The van der Waals surface area contributed by atoms with E-state index in [0.29, 0.717) is 5.69 Å². The van der Waals surface area contributed by atoms with E-state index in [1.165, 1.54) is 0 Å². The van der Waals surface area contributed by atoms with E-state index in [9.17, 15) is 8.42 Å². The van der Waals surface area contributed by atoms with E-state index >= 15 is 0 Å². The Balaban J connectivity index is 2.72. The first kappa shape index (κ1) is 12.8. The Labute approximate surface area is 96.7 Å². The summed E-state index contributed by atoms with van der Waals surface area (Å²) in [5, 5.41) is 0. The van der Waals surface area contributed by atoms with Crippen molar-refractivity contribution in [1.29, 1.82) is 0 Å². The van der Waals surface area contributed by atoms with Gasteiger partial charge in [0.1, 0.15) is 5.75 Å². The first-order valence-electron chi connectivity index (χ1n) is 5.20. The molecule has 0 unspecified atom stereocenters. The van der Waals surface area contributed by atoms with E-state index in [4.69, 9.17) is 4.74 Å². The standard InChI is InChI=1S/C11H17NO3S/c1-4-16(13,14)12-10-5-7-11(8-6-10)15-9(2)3/h5-9,12H,4H2,1-3H3. The molecular weight excluding hydrogens is 226 g/mol. The molecule has 0 saturated heterocycles. The highest BCUT2D eigenvalue weighted by atomic mass is 32.2. The normalized spacial score (nSPS) is 11.5. The van der Waals surface area contributed by atoms with Gasteiger partial charge in [-0.15, -0.1) is 0 Å². The van der Waals surface area contributed by atoms with Crippen molar-refractivity contribution in [3.8, 4) is 5.75 Å². The number of hydrogen-bond acceptors (Lipinski definition) is 3. The maximum absolute atomic E-state index is 11.3. The van der Waals surface area contributed by atoms with Crippen LogP contribution in [0.4, 0.5) is 5.69 Å². The molecule has 1 rings (SSSR count). The van der Waals surface area contributed by atoms with Gasteiger partial charge in [0, 0.05) is 5.69 Å². The first-order chi connectivity index (χ1) is 7.43. The van der Waals surface area contributed by atoms with Gasteiger partial charge in [-0.1, -0.05) is 0 Å². The zero-order chi connectivity index (χ0) is 12.2. The second-order valence-electron chi connectivity index (χ2n) is 3.70. The maximum atomic E-state index is 11.3. The summed E-state index contributed by atoms with van der Waals surface area (Å²) in [7, 11) is -3.20. The van der Waals surface area contributed by atoms with Crippen molar-refractivity contribution in [2.45, 2.75) is 26.9 Å². The van der Waals surface area contributed by atoms with Gasteiger partial charge in [-0.3, -0.25) is 4.72 Å². The summed E-state index contributed by atoms with van der Waals surface area (Å²) >= 11 is 0. The van der Waals surface area contributed by atoms with E-state index in [0.717, 1.165) is 5.75 Å². The predicted octanol–water partition coefficient (Wildman–Crippen LogP) is 2.24. The second-order valence-corrected chi connectivity index (χ2v) is 5.71. The number of rotatable bonds is 5. The molecule has 0 heterocycles. The van der Waals surface area contributed by atoms with Crippen molar-refractivity contribution in [2.75, 3.05) is 10.5 Å². The summed E-state index contributed by atoms with van der Waals surface area (Å²) in [5.74, 6) is 0.798. The smallest absolute Gasteiger partial charge is 0.232 e. The molecule has 0 aliphatic carbocycles. The Morgan fingerprint density at radius 1 is 1.25 bits per heavy atom. The van der Waals surface area contributed by atoms with E-state index in [1.54, 1.807) is 31.2 Å². The lowest BCUT2D eigenvalue weighted by atomic mass is 10.3. The molecule has 0 atom stereocenters.